The molecule has 1 saturated carbocycles. The highest BCUT2D eigenvalue weighted by Gasteiger charge is 2.32. The molecule has 2 N–H and O–H groups in total. The highest BCUT2D eigenvalue weighted by molar-refractivity contribution is 5.94. The summed E-state index contributed by atoms with van der Waals surface area (Å²) in [6, 6.07) is 9.28. The number of aromatic carboxylic acids is 1. The van der Waals surface area contributed by atoms with E-state index in [2.05, 4.69) is 10.1 Å². The first kappa shape index (κ1) is 20.7. The average molecular weight is 407 g/mol. The molecule has 0 radical (unpaired) electrons. The number of nitrogens with one attached hydrogen (secondary N) is 1. The van der Waals surface area contributed by atoms with E-state index in [1.165, 1.54) is 36.4 Å². The normalized spacial score (nSPS) is 15.0. The van der Waals surface area contributed by atoms with E-state index in [4.69, 9.17) is 5.11 Å². The Labute approximate surface area is 165 Å². The smallest absolute Gasteiger partial charge is 0.478 e. The van der Waals surface area contributed by atoms with Crippen LogP contribution in [0, 0.1) is 5.92 Å². The third-order valence-corrected chi connectivity index (χ3v) is 4.89. The maximum atomic E-state index is 12.8. The molecule has 154 valence electrons. The van der Waals surface area contributed by atoms with E-state index < -0.39 is 18.1 Å². The molecule has 3 rings (SSSR count). The Morgan fingerprint density at radius 1 is 1.00 bits per heavy atom. The zero-order valence-corrected chi connectivity index (χ0v) is 15.5. The summed E-state index contributed by atoms with van der Waals surface area (Å²) in [5, 5.41) is 11.8. The molecule has 0 saturated heterocycles. The van der Waals surface area contributed by atoms with Gasteiger partial charge < -0.3 is 15.2 Å². The Kier molecular flexibility index (Phi) is 6.10. The number of carbonyl (C=O) groups excluding carboxylic acids is 1. The van der Waals surface area contributed by atoms with Crippen LogP contribution in [0.1, 0.15) is 42.5 Å². The first-order valence-electron chi connectivity index (χ1n) is 9.27. The van der Waals surface area contributed by atoms with Gasteiger partial charge in [0.1, 0.15) is 5.75 Å². The summed E-state index contributed by atoms with van der Waals surface area (Å²) in [6.07, 6.45) is -0.225. The van der Waals surface area contributed by atoms with Crippen LogP contribution >= 0.6 is 0 Å². The fourth-order valence-corrected chi connectivity index (χ4v) is 3.45. The molecule has 8 heteroatoms. The number of anilines is 1. The molecule has 0 heterocycles. The van der Waals surface area contributed by atoms with Gasteiger partial charge in [-0.05, 0) is 48.7 Å². The molecular formula is C21H20F3NO4. The SMILES string of the molecule is O=C(O)c1ccc(-c2cc(NC(=O)C3CCCCC3)ccc2OC(F)(F)F)cc1. The highest BCUT2D eigenvalue weighted by Crippen LogP contribution is 2.36. The monoisotopic (exact) mass is 407 g/mol. The summed E-state index contributed by atoms with van der Waals surface area (Å²) >= 11 is 0. The lowest BCUT2D eigenvalue weighted by atomic mass is 9.88. The number of hydrogen-bond acceptors (Lipinski definition) is 3. The molecular weight excluding hydrogens is 387 g/mol. The van der Waals surface area contributed by atoms with Crippen LogP contribution in [-0.2, 0) is 4.79 Å². The van der Waals surface area contributed by atoms with Crippen LogP contribution in [0.4, 0.5) is 18.9 Å². The molecule has 0 atom stereocenters. The second-order valence-corrected chi connectivity index (χ2v) is 6.97. The lowest BCUT2D eigenvalue weighted by molar-refractivity contribution is -0.274. The Hall–Kier alpha value is -3.03. The van der Waals surface area contributed by atoms with Gasteiger partial charge in [0, 0.05) is 17.2 Å². The minimum absolute atomic E-state index is 0.00814. The zero-order valence-electron chi connectivity index (χ0n) is 15.5. The largest absolute Gasteiger partial charge is 0.573 e. The van der Waals surface area contributed by atoms with Gasteiger partial charge in [0.25, 0.3) is 0 Å². The van der Waals surface area contributed by atoms with Crippen molar-refractivity contribution in [2.24, 2.45) is 5.92 Å². The maximum absolute atomic E-state index is 12.8. The van der Waals surface area contributed by atoms with Gasteiger partial charge in [0.2, 0.25) is 5.91 Å². The van der Waals surface area contributed by atoms with E-state index in [9.17, 15) is 22.8 Å². The van der Waals surface area contributed by atoms with Crippen molar-refractivity contribution in [3.8, 4) is 16.9 Å². The summed E-state index contributed by atoms with van der Waals surface area (Å²) in [6.45, 7) is 0. The number of alkyl halides is 3. The molecule has 1 amide bonds. The second kappa shape index (κ2) is 8.55. The number of ether oxygens (including phenoxy) is 1. The highest BCUT2D eigenvalue weighted by atomic mass is 19.4. The van der Waals surface area contributed by atoms with Crippen LogP contribution in [0.5, 0.6) is 5.75 Å². The Morgan fingerprint density at radius 2 is 1.66 bits per heavy atom. The topological polar surface area (TPSA) is 75.6 Å². The summed E-state index contributed by atoms with van der Waals surface area (Å²) in [5.41, 5.74) is 0.796. The fraction of sp³-hybridized carbons (Fsp3) is 0.333. The quantitative estimate of drug-likeness (QED) is 0.689. The predicted molar refractivity (Wildman–Crippen MR) is 101 cm³/mol. The van der Waals surface area contributed by atoms with Gasteiger partial charge in [-0.15, -0.1) is 13.2 Å². The third-order valence-electron chi connectivity index (χ3n) is 4.89. The van der Waals surface area contributed by atoms with Gasteiger partial charge in [-0.25, -0.2) is 4.79 Å². The average Bonchev–Trinajstić information content (AvgIpc) is 2.69. The summed E-state index contributed by atoms with van der Waals surface area (Å²) in [4.78, 5) is 23.5. The van der Waals surface area contributed by atoms with Crippen molar-refractivity contribution in [3.05, 3.63) is 48.0 Å². The van der Waals surface area contributed by atoms with Gasteiger partial charge >= 0.3 is 12.3 Å². The van der Waals surface area contributed by atoms with Gasteiger partial charge in [-0.1, -0.05) is 31.4 Å². The summed E-state index contributed by atoms with van der Waals surface area (Å²) in [7, 11) is 0. The van der Waals surface area contributed by atoms with Crippen molar-refractivity contribution < 1.29 is 32.6 Å². The molecule has 2 aromatic carbocycles. The number of benzene rings is 2. The van der Waals surface area contributed by atoms with Gasteiger partial charge in [0.05, 0.1) is 5.56 Å². The van der Waals surface area contributed by atoms with Crippen LogP contribution in [0.25, 0.3) is 11.1 Å². The molecule has 1 aliphatic carbocycles. The number of hydrogen-bond donors (Lipinski definition) is 2. The number of rotatable bonds is 5. The predicted octanol–water partition coefficient (Wildman–Crippen LogP) is 5.47. The van der Waals surface area contributed by atoms with Gasteiger partial charge in [-0.2, -0.15) is 0 Å². The van der Waals surface area contributed by atoms with Crippen molar-refractivity contribution in [1.29, 1.82) is 0 Å². The molecule has 0 aromatic heterocycles. The van der Waals surface area contributed by atoms with Crippen LogP contribution in [-0.4, -0.2) is 23.3 Å². The van der Waals surface area contributed by atoms with Crippen molar-refractivity contribution in [2.45, 2.75) is 38.5 Å². The van der Waals surface area contributed by atoms with Crippen LogP contribution in [0.3, 0.4) is 0 Å². The van der Waals surface area contributed by atoms with E-state index in [-0.39, 0.29) is 23.0 Å². The van der Waals surface area contributed by atoms with Crippen LogP contribution in [0.2, 0.25) is 0 Å². The molecule has 0 bridgehead atoms. The molecule has 0 spiro atoms. The Balaban J connectivity index is 1.90. The van der Waals surface area contributed by atoms with E-state index >= 15 is 0 Å². The number of carbonyl (C=O) groups is 2. The molecule has 29 heavy (non-hydrogen) atoms. The van der Waals surface area contributed by atoms with E-state index in [1.807, 2.05) is 0 Å². The molecule has 5 nitrogen and oxygen atoms in total. The zero-order chi connectivity index (χ0) is 21.0. The van der Waals surface area contributed by atoms with E-state index in [0.29, 0.717) is 11.3 Å². The maximum Gasteiger partial charge on any atom is 0.573 e. The lowest BCUT2D eigenvalue weighted by Gasteiger charge is -2.21. The molecule has 2 aromatic rings. The number of carboxylic acid groups (broad SMARTS) is 1. The van der Waals surface area contributed by atoms with E-state index in [1.54, 1.807) is 0 Å². The molecule has 1 aliphatic rings. The lowest BCUT2D eigenvalue weighted by Crippen LogP contribution is -2.24. The minimum Gasteiger partial charge on any atom is -0.478 e. The Morgan fingerprint density at radius 3 is 2.24 bits per heavy atom. The molecule has 0 unspecified atom stereocenters. The second-order valence-electron chi connectivity index (χ2n) is 6.97. The van der Waals surface area contributed by atoms with Crippen molar-refractivity contribution in [2.75, 3.05) is 5.32 Å². The summed E-state index contributed by atoms with van der Waals surface area (Å²) in [5.74, 6) is -1.83. The number of halogens is 3. The first-order chi connectivity index (χ1) is 13.7. The minimum atomic E-state index is -4.89. The van der Waals surface area contributed by atoms with Gasteiger partial charge in [0.15, 0.2) is 0 Å². The summed E-state index contributed by atoms with van der Waals surface area (Å²) < 4.78 is 42.5. The fourth-order valence-electron chi connectivity index (χ4n) is 3.45. The van der Waals surface area contributed by atoms with Crippen LogP contribution < -0.4 is 10.1 Å². The molecule has 0 aliphatic heterocycles. The van der Waals surface area contributed by atoms with Crippen molar-refractivity contribution in [1.82, 2.24) is 0 Å². The van der Waals surface area contributed by atoms with Crippen molar-refractivity contribution in [3.63, 3.8) is 0 Å². The standard InChI is InChI=1S/C21H20F3NO4/c22-21(23,24)29-18-11-10-16(25-19(26)14-4-2-1-3-5-14)12-17(18)13-6-8-15(9-7-13)20(27)28/h6-12,14H,1-5H2,(H,25,26)(H,27,28). The Bertz CT molecular complexity index is 888. The van der Waals surface area contributed by atoms with E-state index in [0.717, 1.165) is 38.2 Å². The van der Waals surface area contributed by atoms with Crippen molar-refractivity contribution >= 4 is 17.6 Å². The third kappa shape index (κ3) is 5.49. The van der Waals surface area contributed by atoms with Crippen LogP contribution in [0.15, 0.2) is 42.5 Å². The number of carboxylic acids is 1. The molecule has 1 fully saturated rings. The van der Waals surface area contributed by atoms with Gasteiger partial charge in [-0.3, -0.25) is 4.79 Å². The first-order valence-corrected chi connectivity index (χ1v) is 9.27. The number of amides is 1.